The van der Waals surface area contributed by atoms with Crippen LogP contribution >= 0.6 is 23.2 Å². The molecule has 0 bridgehead atoms. The minimum absolute atomic E-state index is 0.00554. The number of carboxylic acid groups (broad SMARTS) is 1. The highest BCUT2D eigenvalue weighted by molar-refractivity contribution is 6.42. The number of hydrogen-bond acceptors (Lipinski definition) is 2. The lowest BCUT2D eigenvalue weighted by Crippen LogP contribution is -1.98. The Morgan fingerprint density at radius 1 is 1.21 bits per heavy atom. The van der Waals surface area contributed by atoms with Crippen LogP contribution in [0, 0.1) is 5.92 Å². The van der Waals surface area contributed by atoms with Crippen molar-refractivity contribution in [2.45, 2.75) is 12.3 Å². The molecule has 0 aliphatic heterocycles. The van der Waals surface area contributed by atoms with Gasteiger partial charge in [0.2, 0.25) is 0 Å². The molecule has 0 radical (unpaired) electrons. The van der Waals surface area contributed by atoms with Crippen LogP contribution in [0.25, 0.3) is 11.3 Å². The number of hydrogen-bond donors (Lipinski definition) is 1. The number of carboxylic acids is 1. The predicted molar refractivity (Wildman–Crippen MR) is 72.6 cm³/mol. The minimum Gasteiger partial charge on any atom is -0.481 e. The lowest BCUT2D eigenvalue weighted by molar-refractivity contribution is -0.138. The predicted octanol–water partition coefficient (Wildman–Crippen LogP) is 4.44. The maximum absolute atomic E-state index is 10.8. The molecule has 2 aromatic rings. The third-order valence-electron chi connectivity index (χ3n) is 3.30. The third kappa shape index (κ3) is 2.36. The molecule has 0 saturated heterocycles. The molecule has 1 N–H and O–H groups in total. The fraction of sp³-hybridized carbons (Fsp3) is 0.214. The molecule has 0 amide bonds. The van der Waals surface area contributed by atoms with Crippen LogP contribution in [0.15, 0.2) is 34.7 Å². The molecular weight excluding hydrogens is 287 g/mol. The van der Waals surface area contributed by atoms with Crippen LogP contribution in [0.5, 0.6) is 0 Å². The molecule has 2 atom stereocenters. The Balaban J connectivity index is 1.85. The van der Waals surface area contributed by atoms with Crippen molar-refractivity contribution < 1.29 is 14.3 Å². The summed E-state index contributed by atoms with van der Waals surface area (Å²) in [6, 6.07) is 8.91. The number of carbonyl (C=O) groups is 1. The molecule has 3 rings (SSSR count). The van der Waals surface area contributed by atoms with Gasteiger partial charge in [0.25, 0.3) is 0 Å². The quantitative estimate of drug-likeness (QED) is 0.911. The Labute approximate surface area is 119 Å². The molecule has 3 nitrogen and oxygen atoms in total. The first-order valence-electron chi connectivity index (χ1n) is 5.84. The van der Waals surface area contributed by atoms with Gasteiger partial charge in [0.15, 0.2) is 0 Å². The number of benzene rings is 1. The van der Waals surface area contributed by atoms with E-state index in [0.29, 0.717) is 28.0 Å². The number of halogens is 2. The molecule has 1 aliphatic carbocycles. The SMILES string of the molecule is O=C(O)[C@H]1C[C@H]1c1ccc(-c2ccc(Cl)c(Cl)c2)o1. The molecule has 1 heterocycles. The Morgan fingerprint density at radius 2 is 2.00 bits per heavy atom. The van der Waals surface area contributed by atoms with Crippen LogP contribution in [0.3, 0.4) is 0 Å². The van der Waals surface area contributed by atoms with Gasteiger partial charge in [-0.2, -0.15) is 0 Å². The Bertz CT molecular complexity index is 648. The summed E-state index contributed by atoms with van der Waals surface area (Å²) >= 11 is 11.8. The molecular formula is C14H10Cl2O3. The van der Waals surface area contributed by atoms with Crippen LogP contribution in [0.1, 0.15) is 18.1 Å². The van der Waals surface area contributed by atoms with Crippen LogP contribution < -0.4 is 0 Å². The second-order valence-corrected chi connectivity index (χ2v) is 5.43. The Kier molecular flexibility index (Phi) is 3.03. The van der Waals surface area contributed by atoms with Crippen LogP contribution in [0.4, 0.5) is 0 Å². The van der Waals surface area contributed by atoms with Crippen molar-refractivity contribution in [3.05, 3.63) is 46.1 Å². The molecule has 1 saturated carbocycles. The molecule has 5 heteroatoms. The fourth-order valence-electron chi connectivity index (χ4n) is 2.14. The first kappa shape index (κ1) is 12.6. The van der Waals surface area contributed by atoms with Gasteiger partial charge in [0, 0.05) is 11.5 Å². The molecule has 98 valence electrons. The smallest absolute Gasteiger partial charge is 0.307 e. The maximum Gasteiger partial charge on any atom is 0.307 e. The van der Waals surface area contributed by atoms with Gasteiger partial charge >= 0.3 is 5.97 Å². The average molecular weight is 297 g/mol. The Hall–Kier alpha value is -1.45. The lowest BCUT2D eigenvalue weighted by atomic mass is 10.2. The van der Waals surface area contributed by atoms with Crippen molar-refractivity contribution in [1.82, 2.24) is 0 Å². The van der Waals surface area contributed by atoms with Gasteiger partial charge in [-0.05, 0) is 36.8 Å². The van der Waals surface area contributed by atoms with Crippen LogP contribution in [0.2, 0.25) is 10.0 Å². The van der Waals surface area contributed by atoms with Crippen molar-refractivity contribution in [3.63, 3.8) is 0 Å². The van der Waals surface area contributed by atoms with E-state index in [4.69, 9.17) is 32.7 Å². The van der Waals surface area contributed by atoms with Crippen molar-refractivity contribution in [1.29, 1.82) is 0 Å². The zero-order valence-corrected chi connectivity index (χ0v) is 11.3. The summed E-state index contributed by atoms with van der Waals surface area (Å²) in [5, 5.41) is 9.86. The van der Waals surface area contributed by atoms with E-state index in [-0.39, 0.29) is 11.8 Å². The fourth-order valence-corrected chi connectivity index (χ4v) is 2.44. The van der Waals surface area contributed by atoms with Crippen molar-refractivity contribution in [2.24, 2.45) is 5.92 Å². The number of furan rings is 1. The molecule has 19 heavy (non-hydrogen) atoms. The van der Waals surface area contributed by atoms with Gasteiger partial charge in [-0.3, -0.25) is 4.79 Å². The van der Waals surface area contributed by atoms with Crippen LogP contribution in [-0.4, -0.2) is 11.1 Å². The highest BCUT2D eigenvalue weighted by Crippen LogP contribution is 2.48. The standard InChI is InChI=1S/C14H10Cl2O3/c15-10-2-1-7(5-11(10)16)12-3-4-13(19-12)8-6-9(8)14(17)18/h1-5,8-9H,6H2,(H,17,18)/t8-,9+/m1/s1. The van der Waals surface area contributed by atoms with E-state index in [1.165, 1.54) is 0 Å². The maximum atomic E-state index is 10.8. The van der Waals surface area contributed by atoms with Gasteiger partial charge in [0.05, 0.1) is 16.0 Å². The van der Waals surface area contributed by atoms with Crippen molar-refractivity contribution in [3.8, 4) is 11.3 Å². The van der Waals surface area contributed by atoms with Crippen molar-refractivity contribution in [2.75, 3.05) is 0 Å². The first-order chi connectivity index (χ1) is 9.06. The van der Waals surface area contributed by atoms with E-state index in [2.05, 4.69) is 0 Å². The zero-order valence-electron chi connectivity index (χ0n) is 9.77. The van der Waals surface area contributed by atoms with E-state index >= 15 is 0 Å². The molecule has 1 fully saturated rings. The first-order valence-corrected chi connectivity index (χ1v) is 6.60. The van der Waals surface area contributed by atoms with Gasteiger partial charge < -0.3 is 9.52 Å². The van der Waals surface area contributed by atoms with Gasteiger partial charge in [-0.25, -0.2) is 0 Å². The largest absolute Gasteiger partial charge is 0.481 e. The Morgan fingerprint density at radius 3 is 2.63 bits per heavy atom. The lowest BCUT2D eigenvalue weighted by Gasteiger charge is -2.00. The molecule has 1 aromatic carbocycles. The second kappa shape index (κ2) is 4.58. The van der Waals surface area contributed by atoms with E-state index in [0.717, 1.165) is 5.56 Å². The summed E-state index contributed by atoms with van der Waals surface area (Å²) < 4.78 is 5.70. The summed E-state index contributed by atoms with van der Waals surface area (Å²) in [5.74, 6) is 0.303. The highest BCUT2D eigenvalue weighted by Gasteiger charge is 2.46. The summed E-state index contributed by atoms with van der Waals surface area (Å²) in [5.41, 5.74) is 0.827. The van der Waals surface area contributed by atoms with Crippen LogP contribution in [-0.2, 0) is 4.79 Å². The molecule has 0 spiro atoms. The van der Waals surface area contributed by atoms with Gasteiger partial charge in [-0.15, -0.1) is 0 Å². The number of aliphatic carboxylic acids is 1. The van der Waals surface area contributed by atoms with Crippen molar-refractivity contribution >= 4 is 29.2 Å². The van der Waals surface area contributed by atoms with E-state index in [1.54, 1.807) is 12.1 Å². The highest BCUT2D eigenvalue weighted by atomic mass is 35.5. The summed E-state index contributed by atoms with van der Waals surface area (Å²) in [6.45, 7) is 0. The molecule has 1 aliphatic rings. The van der Waals surface area contributed by atoms with E-state index in [1.807, 2.05) is 18.2 Å². The summed E-state index contributed by atoms with van der Waals surface area (Å²) in [4.78, 5) is 10.8. The number of rotatable bonds is 3. The van der Waals surface area contributed by atoms with Gasteiger partial charge in [0.1, 0.15) is 11.5 Å². The monoisotopic (exact) mass is 296 g/mol. The second-order valence-electron chi connectivity index (χ2n) is 4.62. The summed E-state index contributed by atoms with van der Waals surface area (Å²) in [7, 11) is 0. The normalized spacial score (nSPS) is 21.4. The van der Waals surface area contributed by atoms with E-state index < -0.39 is 5.97 Å². The topological polar surface area (TPSA) is 50.4 Å². The zero-order chi connectivity index (χ0) is 13.6. The van der Waals surface area contributed by atoms with Gasteiger partial charge in [-0.1, -0.05) is 23.2 Å². The average Bonchev–Trinajstić information content (AvgIpc) is 3.04. The summed E-state index contributed by atoms with van der Waals surface area (Å²) in [6.07, 6.45) is 0.643. The molecule has 0 unspecified atom stereocenters. The third-order valence-corrected chi connectivity index (χ3v) is 4.04. The van der Waals surface area contributed by atoms with E-state index in [9.17, 15) is 4.79 Å². The minimum atomic E-state index is -0.766. The molecule has 1 aromatic heterocycles.